The zero-order chi connectivity index (χ0) is 13.0. The SMILES string of the molecule is CC(C)N(C(=O)N(C(C)C)C(C)C)C(C)C. The number of nitrogens with zero attached hydrogens (tertiary/aromatic N) is 2. The molecule has 0 radical (unpaired) electrons. The van der Waals surface area contributed by atoms with Crippen LogP contribution in [-0.4, -0.2) is 40.0 Å². The van der Waals surface area contributed by atoms with Gasteiger partial charge in [-0.25, -0.2) is 4.79 Å². The number of carbonyl (C=O) groups is 1. The maximum absolute atomic E-state index is 12.5. The van der Waals surface area contributed by atoms with Crippen LogP contribution in [0.4, 0.5) is 4.79 Å². The molecule has 0 unspecified atom stereocenters. The van der Waals surface area contributed by atoms with Gasteiger partial charge in [-0.15, -0.1) is 0 Å². The standard InChI is InChI=1S/C13H28N2O/c1-9(2)14(10(3)4)13(16)15(11(5)6)12(7)8/h9-12H,1-8H3. The van der Waals surface area contributed by atoms with Gasteiger partial charge in [-0.05, 0) is 55.4 Å². The number of carbonyl (C=O) groups excluding carboxylic acids is 1. The van der Waals surface area contributed by atoms with Crippen molar-refractivity contribution in [2.24, 2.45) is 0 Å². The van der Waals surface area contributed by atoms with Crippen LogP contribution in [0.2, 0.25) is 0 Å². The Bertz CT molecular complexity index is 184. The smallest absolute Gasteiger partial charge is 0.320 e. The summed E-state index contributed by atoms with van der Waals surface area (Å²) in [6.45, 7) is 16.5. The largest absolute Gasteiger partial charge is 0.320 e. The molecule has 3 nitrogen and oxygen atoms in total. The summed E-state index contributed by atoms with van der Waals surface area (Å²) in [5.74, 6) is 0. The van der Waals surface area contributed by atoms with Crippen molar-refractivity contribution in [3.8, 4) is 0 Å². The molecular weight excluding hydrogens is 200 g/mol. The minimum atomic E-state index is 0.148. The summed E-state index contributed by atoms with van der Waals surface area (Å²) >= 11 is 0. The topological polar surface area (TPSA) is 23.6 Å². The third-order valence-electron chi connectivity index (χ3n) is 2.67. The van der Waals surface area contributed by atoms with E-state index in [1.54, 1.807) is 0 Å². The zero-order valence-electron chi connectivity index (χ0n) is 12.1. The van der Waals surface area contributed by atoms with Crippen LogP contribution in [0.1, 0.15) is 55.4 Å². The Labute approximate surface area is 101 Å². The fourth-order valence-electron chi connectivity index (χ4n) is 2.21. The lowest BCUT2D eigenvalue weighted by atomic mass is 10.2. The number of hydrogen-bond donors (Lipinski definition) is 0. The highest BCUT2D eigenvalue weighted by molar-refractivity contribution is 5.75. The molecule has 0 saturated heterocycles. The summed E-state index contributed by atoms with van der Waals surface area (Å²) < 4.78 is 0. The molecule has 0 heterocycles. The van der Waals surface area contributed by atoms with Gasteiger partial charge in [0.05, 0.1) is 0 Å². The van der Waals surface area contributed by atoms with Crippen LogP contribution in [0.3, 0.4) is 0 Å². The maximum atomic E-state index is 12.5. The summed E-state index contributed by atoms with van der Waals surface area (Å²) in [7, 11) is 0. The van der Waals surface area contributed by atoms with Crippen molar-refractivity contribution < 1.29 is 4.79 Å². The Morgan fingerprint density at radius 2 is 0.812 bits per heavy atom. The van der Waals surface area contributed by atoms with Crippen LogP contribution < -0.4 is 0 Å². The molecule has 0 aromatic rings. The van der Waals surface area contributed by atoms with E-state index in [1.807, 2.05) is 9.80 Å². The second kappa shape index (κ2) is 6.12. The van der Waals surface area contributed by atoms with Crippen molar-refractivity contribution in [2.45, 2.75) is 79.6 Å². The van der Waals surface area contributed by atoms with Gasteiger partial charge >= 0.3 is 6.03 Å². The van der Waals surface area contributed by atoms with Crippen LogP contribution >= 0.6 is 0 Å². The minimum Gasteiger partial charge on any atom is -0.320 e. The van der Waals surface area contributed by atoms with Crippen LogP contribution in [0.15, 0.2) is 0 Å². The molecule has 0 aliphatic rings. The van der Waals surface area contributed by atoms with Crippen molar-refractivity contribution in [3.63, 3.8) is 0 Å². The van der Waals surface area contributed by atoms with Crippen molar-refractivity contribution in [1.82, 2.24) is 9.80 Å². The first-order valence-electron chi connectivity index (χ1n) is 6.30. The molecule has 0 atom stereocenters. The molecule has 96 valence electrons. The number of rotatable bonds is 4. The van der Waals surface area contributed by atoms with E-state index in [0.717, 1.165) is 0 Å². The highest BCUT2D eigenvalue weighted by Crippen LogP contribution is 2.14. The molecule has 0 aliphatic heterocycles. The Morgan fingerprint density at radius 1 is 0.625 bits per heavy atom. The van der Waals surface area contributed by atoms with Gasteiger partial charge in [-0.2, -0.15) is 0 Å². The fraction of sp³-hybridized carbons (Fsp3) is 0.923. The van der Waals surface area contributed by atoms with Crippen LogP contribution in [0, 0.1) is 0 Å². The number of hydrogen-bond acceptors (Lipinski definition) is 1. The molecule has 0 aliphatic carbocycles. The second-order valence-corrected chi connectivity index (χ2v) is 5.47. The first kappa shape index (κ1) is 15.3. The molecule has 0 fully saturated rings. The molecule has 0 spiro atoms. The minimum absolute atomic E-state index is 0.148. The Hall–Kier alpha value is -0.730. The monoisotopic (exact) mass is 228 g/mol. The molecule has 0 N–H and O–H groups in total. The second-order valence-electron chi connectivity index (χ2n) is 5.47. The van der Waals surface area contributed by atoms with Gasteiger partial charge in [0, 0.05) is 24.2 Å². The highest BCUT2D eigenvalue weighted by atomic mass is 16.2. The van der Waals surface area contributed by atoms with E-state index in [2.05, 4.69) is 55.4 Å². The van der Waals surface area contributed by atoms with Crippen LogP contribution in [0.5, 0.6) is 0 Å². The van der Waals surface area contributed by atoms with Crippen molar-refractivity contribution in [2.75, 3.05) is 0 Å². The molecular formula is C13H28N2O. The van der Waals surface area contributed by atoms with Gasteiger partial charge in [0.1, 0.15) is 0 Å². The fourth-order valence-corrected chi connectivity index (χ4v) is 2.21. The van der Waals surface area contributed by atoms with Gasteiger partial charge in [0.25, 0.3) is 0 Å². The average Bonchev–Trinajstić information content (AvgIpc) is 1.99. The van der Waals surface area contributed by atoms with Crippen molar-refractivity contribution in [1.29, 1.82) is 0 Å². The molecule has 0 saturated carbocycles. The van der Waals surface area contributed by atoms with E-state index >= 15 is 0 Å². The maximum Gasteiger partial charge on any atom is 0.320 e. The third kappa shape index (κ3) is 3.69. The summed E-state index contributed by atoms with van der Waals surface area (Å²) in [6.07, 6.45) is 0. The van der Waals surface area contributed by atoms with E-state index < -0.39 is 0 Å². The average molecular weight is 228 g/mol. The first-order valence-corrected chi connectivity index (χ1v) is 6.30. The van der Waals surface area contributed by atoms with Gasteiger partial charge < -0.3 is 9.80 Å². The zero-order valence-corrected chi connectivity index (χ0v) is 12.1. The normalized spacial score (nSPS) is 11.8. The van der Waals surface area contributed by atoms with Gasteiger partial charge in [0.15, 0.2) is 0 Å². The van der Waals surface area contributed by atoms with Crippen LogP contribution in [-0.2, 0) is 0 Å². The summed E-state index contributed by atoms with van der Waals surface area (Å²) in [4.78, 5) is 16.4. The Kier molecular flexibility index (Phi) is 5.84. The van der Waals surface area contributed by atoms with Crippen LogP contribution in [0.25, 0.3) is 0 Å². The molecule has 0 rings (SSSR count). The highest BCUT2D eigenvalue weighted by Gasteiger charge is 2.28. The Balaban J connectivity index is 4.96. The predicted molar refractivity (Wildman–Crippen MR) is 69.6 cm³/mol. The molecule has 16 heavy (non-hydrogen) atoms. The van der Waals surface area contributed by atoms with Crippen molar-refractivity contribution >= 4 is 6.03 Å². The lowest BCUT2D eigenvalue weighted by molar-refractivity contribution is 0.101. The van der Waals surface area contributed by atoms with E-state index in [9.17, 15) is 4.79 Å². The van der Waals surface area contributed by atoms with Gasteiger partial charge in [0.2, 0.25) is 0 Å². The number of urea groups is 1. The quantitative estimate of drug-likeness (QED) is 0.724. The molecule has 0 aromatic carbocycles. The molecule has 0 bridgehead atoms. The molecule has 0 aromatic heterocycles. The van der Waals surface area contributed by atoms with Gasteiger partial charge in [-0.3, -0.25) is 0 Å². The van der Waals surface area contributed by atoms with Crippen molar-refractivity contribution in [3.05, 3.63) is 0 Å². The summed E-state index contributed by atoms with van der Waals surface area (Å²) in [6, 6.07) is 1.12. The summed E-state index contributed by atoms with van der Waals surface area (Å²) in [5, 5.41) is 0. The van der Waals surface area contributed by atoms with E-state index in [-0.39, 0.29) is 30.2 Å². The van der Waals surface area contributed by atoms with E-state index in [4.69, 9.17) is 0 Å². The Morgan fingerprint density at radius 3 is 0.938 bits per heavy atom. The predicted octanol–water partition coefficient (Wildman–Crippen LogP) is 3.34. The third-order valence-corrected chi connectivity index (χ3v) is 2.67. The lowest BCUT2D eigenvalue weighted by Crippen LogP contribution is -2.53. The summed E-state index contributed by atoms with van der Waals surface area (Å²) in [5.41, 5.74) is 0. The van der Waals surface area contributed by atoms with Gasteiger partial charge in [-0.1, -0.05) is 0 Å². The lowest BCUT2D eigenvalue weighted by Gasteiger charge is -2.39. The van der Waals surface area contributed by atoms with E-state index in [0.29, 0.717) is 0 Å². The molecule has 3 heteroatoms. The first-order chi connectivity index (χ1) is 7.20. The number of amides is 2. The van der Waals surface area contributed by atoms with E-state index in [1.165, 1.54) is 0 Å². The molecule has 2 amide bonds.